The Morgan fingerprint density at radius 1 is 1.40 bits per heavy atom. The number of carbonyl (C=O) groups excluding carboxylic acids is 1. The van der Waals surface area contributed by atoms with Crippen molar-refractivity contribution in [2.24, 2.45) is 0 Å². The number of aryl methyl sites for hydroxylation is 1. The van der Waals surface area contributed by atoms with Crippen LogP contribution in [-0.4, -0.2) is 16.1 Å². The third-order valence-corrected chi connectivity index (χ3v) is 3.68. The molecule has 0 aliphatic carbocycles. The molecule has 5 nitrogen and oxygen atoms in total. The van der Waals surface area contributed by atoms with Gasteiger partial charge in [0.2, 0.25) is 0 Å². The lowest BCUT2D eigenvalue weighted by Crippen LogP contribution is -2.28. The first-order valence-corrected chi connectivity index (χ1v) is 7.16. The molecule has 1 heterocycles. The highest BCUT2D eigenvalue weighted by atomic mass is 32.1. The van der Waals surface area contributed by atoms with Gasteiger partial charge in [-0.3, -0.25) is 0 Å². The Labute approximate surface area is 121 Å². The minimum Gasteiger partial charge on any atom is -0.389 e. The summed E-state index contributed by atoms with van der Waals surface area (Å²) < 4.78 is 0. The Kier molecular flexibility index (Phi) is 4.70. The van der Waals surface area contributed by atoms with Gasteiger partial charge in [-0.25, -0.2) is 9.78 Å². The van der Waals surface area contributed by atoms with E-state index in [0.29, 0.717) is 12.2 Å². The van der Waals surface area contributed by atoms with E-state index >= 15 is 0 Å². The van der Waals surface area contributed by atoms with Crippen LogP contribution in [0.4, 0.5) is 10.5 Å². The fourth-order valence-corrected chi connectivity index (χ4v) is 2.37. The van der Waals surface area contributed by atoms with E-state index in [0.717, 1.165) is 16.3 Å². The SMILES string of the molecule is Cc1csc(CNC(=O)Nc2ccc(C(C)O)cc2)n1. The highest BCUT2D eigenvalue weighted by molar-refractivity contribution is 7.09. The Bertz CT molecular complexity index is 578. The molecule has 0 saturated carbocycles. The maximum atomic E-state index is 11.7. The lowest BCUT2D eigenvalue weighted by molar-refractivity contribution is 0.199. The zero-order chi connectivity index (χ0) is 14.5. The second kappa shape index (κ2) is 6.49. The quantitative estimate of drug-likeness (QED) is 0.811. The monoisotopic (exact) mass is 291 g/mol. The van der Waals surface area contributed by atoms with Gasteiger partial charge in [-0.15, -0.1) is 11.3 Å². The van der Waals surface area contributed by atoms with Gasteiger partial charge in [-0.1, -0.05) is 12.1 Å². The van der Waals surface area contributed by atoms with E-state index in [1.54, 1.807) is 31.2 Å². The van der Waals surface area contributed by atoms with Gasteiger partial charge in [0, 0.05) is 16.8 Å². The summed E-state index contributed by atoms with van der Waals surface area (Å²) in [6, 6.07) is 6.81. The van der Waals surface area contributed by atoms with Crippen LogP contribution in [0, 0.1) is 6.92 Å². The van der Waals surface area contributed by atoms with Gasteiger partial charge in [0.05, 0.1) is 12.6 Å². The number of benzene rings is 1. The molecule has 0 fully saturated rings. The van der Waals surface area contributed by atoms with Crippen molar-refractivity contribution in [1.29, 1.82) is 0 Å². The third kappa shape index (κ3) is 4.04. The maximum absolute atomic E-state index is 11.7. The van der Waals surface area contributed by atoms with Gasteiger partial charge in [0.25, 0.3) is 0 Å². The predicted octanol–water partition coefficient (Wildman–Crippen LogP) is 2.83. The summed E-state index contributed by atoms with van der Waals surface area (Å²) in [4.78, 5) is 16.0. The van der Waals surface area contributed by atoms with Crippen molar-refractivity contribution in [2.45, 2.75) is 26.5 Å². The third-order valence-electron chi connectivity index (χ3n) is 2.72. The van der Waals surface area contributed by atoms with Crippen molar-refractivity contribution >= 4 is 23.1 Å². The van der Waals surface area contributed by atoms with Gasteiger partial charge in [0.15, 0.2) is 0 Å². The van der Waals surface area contributed by atoms with E-state index in [4.69, 9.17) is 0 Å². The Morgan fingerprint density at radius 2 is 2.10 bits per heavy atom. The van der Waals surface area contributed by atoms with Crippen LogP contribution in [0.5, 0.6) is 0 Å². The molecule has 0 radical (unpaired) electrons. The fraction of sp³-hybridized carbons (Fsp3) is 0.286. The van der Waals surface area contributed by atoms with Gasteiger partial charge >= 0.3 is 6.03 Å². The average Bonchev–Trinajstić information content (AvgIpc) is 2.83. The molecule has 20 heavy (non-hydrogen) atoms. The standard InChI is InChI=1S/C14H17N3O2S/c1-9-8-20-13(16-9)7-15-14(19)17-12-5-3-11(4-6-12)10(2)18/h3-6,8,10,18H,7H2,1-2H3,(H2,15,17,19). The first-order chi connectivity index (χ1) is 9.54. The van der Waals surface area contributed by atoms with E-state index in [2.05, 4.69) is 15.6 Å². The van der Waals surface area contributed by atoms with Crippen LogP contribution < -0.4 is 10.6 Å². The number of amides is 2. The first-order valence-electron chi connectivity index (χ1n) is 6.28. The number of nitrogens with one attached hydrogen (secondary N) is 2. The van der Waals surface area contributed by atoms with E-state index < -0.39 is 6.10 Å². The van der Waals surface area contributed by atoms with Crippen molar-refractivity contribution in [3.8, 4) is 0 Å². The number of rotatable bonds is 4. The highest BCUT2D eigenvalue weighted by Crippen LogP contribution is 2.15. The Hall–Kier alpha value is -1.92. The van der Waals surface area contributed by atoms with Gasteiger partial charge < -0.3 is 15.7 Å². The molecule has 1 atom stereocenters. The van der Waals surface area contributed by atoms with Crippen LogP contribution >= 0.6 is 11.3 Å². The molecular formula is C14H17N3O2S. The number of carbonyl (C=O) groups is 1. The number of urea groups is 1. The normalized spacial score (nSPS) is 11.9. The number of nitrogens with zero attached hydrogens (tertiary/aromatic N) is 1. The number of hydrogen-bond donors (Lipinski definition) is 3. The average molecular weight is 291 g/mol. The lowest BCUT2D eigenvalue weighted by atomic mass is 10.1. The fourth-order valence-electron chi connectivity index (χ4n) is 1.66. The molecule has 1 aromatic heterocycles. The van der Waals surface area contributed by atoms with Gasteiger partial charge in [-0.05, 0) is 31.5 Å². The maximum Gasteiger partial charge on any atom is 0.319 e. The summed E-state index contributed by atoms with van der Waals surface area (Å²) >= 11 is 1.52. The molecule has 2 rings (SSSR count). The number of aliphatic hydroxyl groups is 1. The molecule has 2 aromatic rings. The summed E-state index contributed by atoms with van der Waals surface area (Å²) in [7, 11) is 0. The molecule has 3 N–H and O–H groups in total. The van der Waals surface area contributed by atoms with Crippen LogP contribution in [0.25, 0.3) is 0 Å². The van der Waals surface area contributed by atoms with Crippen molar-refractivity contribution in [1.82, 2.24) is 10.3 Å². The topological polar surface area (TPSA) is 74.2 Å². The summed E-state index contributed by atoms with van der Waals surface area (Å²) in [5, 5.41) is 17.7. The summed E-state index contributed by atoms with van der Waals surface area (Å²) in [6.07, 6.45) is -0.508. The van der Waals surface area contributed by atoms with E-state index in [1.807, 2.05) is 12.3 Å². The number of aliphatic hydroxyl groups excluding tert-OH is 1. The molecule has 0 bridgehead atoms. The van der Waals surface area contributed by atoms with E-state index in [-0.39, 0.29) is 6.03 Å². The molecule has 0 aliphatic rings. The highest BCUT2D eigenvalue weighted by Gasteiger charge is 2.05. The molecule has 6 heteroatoms. The Balaban J connectivity index is 1.84. The number of aromatic nitrogens is 1. The molecule has 1 aromatic carbocycles. The molecule has 1 unspecified atom stereocenters. The molecule has 106 valence electrons. The summed E-state index contributed by atoms with van der Waals surface area (Å²) in [5.41, 5.74) is 2.46. The van der Waals surface area contributed by atoms with Crippen molar-refractivity contribution < 1.29 is 9.90 Å². The van der Waals surface area contributed by atoms with Crippen LogP contribution in [0.2, 0.25) is 0 Å². The van der Waals surface area contributed by atoms with Crippen molar-refractivity contribution in [3.05, 3.63) is 45.9 Å². The molecule has 0 saturated heterocycles. The van der Waals surface area contributed by atoms with Crippen LogP contribution in [0.15, 0.2) is 29.6 Å². The minimum atomic E-state index is -0.508. The number of anilines is 1. The molecule has 0 aliphatic heterocycles. The summed E-state index contributed by atoms with van der Waals surface area (Å²) in [5.74, 6) is 0. The van der Waals surface area contributed by atoms with Crippen LogP contribution in [0.3, 0.4) is 0 Å². The Morgan fingerprint density at radius 3 is 2.65 bits per heavy atom. The van der Waals surface area contributed by atoms with Crippen molar-refractivity contribution in [2.75, 3.05) is 5.32 Å². The largest absolute Gasteiger partial charge is 0.389 e. The van der Waals surface area contributed by atoms with Crippen LogP contribution in [0.1, 0.15) is 29.3 Å². The second-order valence-corrected chi connectivity index (χ2v) is 5.43. The smallest absolute Gasteiger partial charge is 0.319 e. The van der Waals surface area contributed by atoms with Gasteiger partial charge in [0.1, 0.15) is 5.01 Å². The molecule has 0 spiro atoms. The predicted molar refractivity (Wildman–Crippen MR) is 79.8 cm³/mol. The van der Waals surface area contributed by atoms with E-state index in [1.165, 1.54) is 11.3 Å². The second-order valence-electron chi connectivity index (χ2n) is 4.49. The lowest BCUT2D eigenvalue weighted by Gasteiger charge is -2.08. The van der Waals surface area contributed by atoms with Crippen LogP contribution in [-0.2, 0) is 6.54 Å². The number of hydrogen-bond acceptors (Lipinski definition) is 4. The summed E-state index contributed by atoms with van der Waals surface area (Å²) in [6.45, 7) is 4.03. The molecular weight excluding hydrogens is 274 g/mol. The minimum absolute atomic E-state index is 0.275. The molecule has 2 amide bonds. The zero-order valence-corrected chi connectivity index (χ0v) is 12.2. The zero-order valence-electron chi connectivity index (χ0n) is 11.4. The van der Waals surface area contributed by atoms with Gasteiger partial charge in [-0.2, -0.15) is 0 Å². The number of thiazole rings is 1. The van der Waals surface area contributed by atoms with Crippen molar-refractivity contribution in [3.63, 3.8) is 0 Å². The van der Waals surface area contributed by atoms with E-state index in [9.17, 15) is 9.90 Å². The first kappa shape index (κ1) is 14.5.